The number of imide groups is 1. The molecule has 0 bridgehead atoms. The molecule has 2 aromatic rings. The summed E-state index contributed by atoms with van der Waals surface area (Å²) in [5, 5.41) is 12.3. The summed E-state index contributed by atoms with van der Waals surface area (Å²) in [6, 6.07) is 5.87. The summed E-state index contributed by atoms with van der Waals surface area (Å²) in [4.78, 5) is 25.6. The Kier molecular flexibility index (Phi) is 7.70. The second-order valence-corrected chi connectivity index (χ2v) is 8.52. The maximum absolute atomic E-state index is 12.3. The van der Waals surface area contributed by atoms with Gasteiger partial charge in [0.15, 0.2) is 5.82 Å². The second kappa shape index (κ2) is 11.1. The Morgan fingerprint density at radius 3 is 2.85 bits per heavy atom. The zero-order chi connectivity index (χ0) is 23.0. The van der Waals surface area contributed by atoms with Gasteiger partial charge in [-0.25, -0.2) is 14.4 Å². The molecule has 0 unspecified atom stereocenters. The Bertz CT molecular complexity index is 983. The van der Waals surface area contributed by atoms with Crippen molar-refractivity contribution in [1.82, 2.24) is 20.2 Å². The quantitative estimate of drug-likeness (QED) is 0.415. The molecule has 33 heavy (non-hydrogen) atoms. The van der Waals surface area contributed by atoms with E-state index in [9.17, 15) is 9.59 Å². The van der Waals surface area contributed by atoms with E-state index in [2.05, 4.69) is 22.1 Å². The first-order valence-corrected chi connectivity index (χ1v) is 11.8. The lowest BCUT2D eigenvalue weighted by Crippen LogP contribution is -2.40. The van der Waals surface area contributed by atoms with E-state index in [0.29, 0.717) is 24.8 Å². The normalized spacial score (nSPS) is 16.4. The third-order valence-corrected chi connectivity index (χ3v) is 6.20. The number of hydrogen-bond donors (Lipinski definition) is 0. The highest BCUT2D eigenvalue weighted by atomic mass is 16.6. The van der Waals surface area contributed by atoms with Crippen LogP contribution in [0.5, 0.6) is 5.75 Å². The van der Waals surface area contributed by atoms with Crippen LogP contribution in [0.25, 0.3) is 0 Å². The number of carbonyl (C=O) groups is 2. The van der Waals surface area contributed by atoms with Crippen molar-refractivity contribution < 1.29 is 19.1 Å². The van der Waals surface area contributed by atoms with Crippen LogP contribution in [0, 0.1) is 0 Å². The minimum atomic E-state index is -0.676. The number of rotatable bonds is 9. The molecule has 2 aliphatic rings. The van der Waals surface area contributed by atoms with Crippen LogP contribution >= 0.6 is 0 Å². The number of carbonyl (C=O) groups excluding carboxylic acids is 2. The van der Waals surface area contributed by atoms with Crippen molar-refractivity contribution in [2.45, 2.75) is 70.3 Å². The molecular weight excluding hydrogens is 422 g/mol. The summed E-state index contributed by atoms with van der Waals surface area (Å²) in [5.74, 6) is 1.43. The maximum Gasteiger partial charge on any atom is 0.421 e. The van der Waals surface area contributed by atoms with E-state index < -0.39 is 6.09 Å². The summed E-state index contributed by atoms with van der Waals surface area (Å²) >= 11 is 0. The molecular formula is C24H31N5O4. The number of tetrazole rings is 1. The molecule has 0 N–H and O–H groups in total. The number of benzene rings is 1. The fraction of sp³-hybridized carbons (Fsp3) is 0.542. The number of nitrogens with zero attached hydrogens (tertiary/aromatic N) is 5. The van der Waals surface area contributed by atoms with Gasteiger partial charge in [-0.15, -0.1) is 5.10 Å². The van der Waals surface area contributed by atoms with Gasteiger partial charge in [0.2, 0.25) is 5.91 Å². The molecule has 2 heterocycles. The monoisotopic (exact) mass is 453 g/mol. The molecule has 1 saturated carbocycles. The van der Waals surface area contributed by atoms with Crippen LogP contribution in [-0.2, 0) is 22.4 Å². The molecule has 9 heteroatoms. The van der Waals surface area contributed by atoms with E-state index >= 15 is 0 Å². The molecule has 0 saturated heterocycles. The predicted molar refractivity (Wildman–Crippen MR) is 122 cm³/mol. The smallest absolute Gasteiger partial charge is 0.421 e. The highest BCUT2D eigenvalue weighted by Gasteiger charge is 2.31. The van der Waals surface area contributed by atoms with Gasteiger partial charge in [0.05, 0.1) is 18.3 Å². The molecule has 0 atom stereocenters. The lowest BCUT2D eigenvalue weighted by Gasteiger charge is -2.27. The van der Waals surface area contributed by atoms with Gasteiger partial charge in [0, 0.05) is 12.8 Å². The number of anilines is 1. The van der Waals surface area contributed by atoms with Crippen molar-refractivity contribution >= 4 is 17.7 Å². The Balaban J connectivity index is 1.27. The number of amides is 2. The SMILES string of the molecule is C=CCOC(=O)N1C(=O)CCc2cc(OCCCCc3nnnn3C3CCCCC3)ccc21. The Morgan fingerprint density at radius 2 is 2.03 bits per heavy atom. The summed E-state index contributed by atoms with van der Waals surface area (Å²) in [6.45, 7) is 4.17. The van der Waals surface area contributed by atoms with E-state index in [1.165, 1.54) is 25.3 Å². The van der Waals surface area contributed by atoms with Crippen LogP contribution in [0.1, 0.15) is 68.8 Å². The van der Waals surface area contributed by atoms with Gasteiger partial charge in [0.1, 0.15) is 12.4 Å². The lowest BCUT2D eigenvalue weighted by molar-refractivity contribution is -0.118. The molecule has 1 aliphatic carbocycles. The van der Waals surface area contributed by atoms with Crippen molar-refractivity contribution in [3.8, 4) is 5.75 Å². The number of aryl methyl sites for hydroxylation is 2. The van der Waals surface area contributed by atoms with Gasteiger partial charge >= 0.3 is 6.09 Å². The first kappa shape index (κ1) is 22.9. The van der Waals surface area contributed by atoms with Crippen LogP contribution in [0.3, 0.4) is 0 Å². The molecule has 0 spiro atoms. The van der Waals surface area contributed by atoms with Crippen molar-refractivity contribution in [3.63, 3.8) is 0 Å². The van der Waals surface area contributed by atoms with E-state index in [4.69, 9.17) is 9.47 Å². The maximum atomic E-state index is 12.3. The molecule has 1 fully saturated rings. The van der Waals surface area contributed by atoms with Crippen molar-refractivity contribution in [1.29, 1.82) is 0 Å². The Morgan fingerprint density at radius 1 is 1.18 bits per heavy atom. The van der Waals surface area contributed by atoms with Crippen LogP contribution < -0.4 is 9.64 Å². The van der Waals surface area contributed by atoms with E-state index in [1.807, 2.05) is 10.7 Å². The van der Waals surface area contributed by atoms with Gasteiger partial charge in [-0.2, -0.15) is 0 Å². The molecule has 9 nitrogen and oxygen atoms in total. The minimum Gasteiger partial charge on any atom is -0.494 e. The predicted octanol–water partition coefficient (Wildman–Crippen LogP) is 4.18. The summed E-state index contributed by atoms with van der Waals surface area (Å²) in [5.41, 5.74) is 1.46. The van der Waals surface area contributed by atoms with Crippen molar-refractivity contribution in [2.24, 2.45) is 0 Å². The lowest BCUT2D eigenvalue weighted by atomic mass is 9.95. The van der Waals surface area contributed by atoms with E-state index in [0.717, 1.165) is 54.1 Å². The molecule has 1 aliphatic heterocycles. The molecule has 4 rings (SSSR count). The summed E-state index contributed by atoms with van der Waals surface area (Å²) in [6.07, 6.45) is 10.4. The number of fused-ring (bicyclic) bond motifs is 1. The third kappa shape index (κ3) is 5.58. The van der Waals surface area contributed by atoms with Gasteiger partial charge in [-0.3, -0.25) is 4.79 Å². The third-order valence-electron chi connectivity index (χ3n) is 6.20. The van der Waals surface area contributed by atoms with Gasteiger partial charge < -0.3 is 9.47 Å². The van der Waals surface area contributed by atoms with E-state index in [1.54, 1.807) is 12.1 Å². The molecule has 1 aromatic carbocycles. The zero-order valence-corrected chi connectivity index (χ0v) is 18.9. The van der Waals surface area contributed by atoms with E-state index in [-0.39, 0.29) is 18.9 Å². The topological polar surface area (TPSA) is 99.4 Å². The van der Waals surface area contributed by atoms with Crippen molar-refractivity contribution in [2.75, 3.05) is 18.1 Å². The van der Waals surface area contributed by atoms with Crippen molar-refractivity contribution in [3.05, 3.63) is 42.2 Å². The van der Waals surface area contributed by atoms with Gasteiger partial charge in [-0.1, -0.05) is 31.9 Å². The van der Waals surface area contributed by atoms with Crippen LogP contribution in [0.15, 0.2) is 30.9 Å². The zero-order valence-electron chi connectivity index (χ0n) is 18.9. The first-order valence-electron chi connectivity index (χ1n) is 11.8. The first-order chi connectivity index (χ1) is 16.2. The Hall–Kier alpha value is -3.23. The van der Waals surface area contributed by atoms with Crippen LogP contribution in [0.2, 0.25) is 0 Å². The van der Waals surface area contributed by atoms with Gasteiger partial charge in [0.25, 0.3) is 0 Å². The number of unbranched alkanes of at least 4 members (excludes halogenated alkanes) is 1. The average molecular weight is 454 g/mol. The Labute approximate surface area is 193 Å². The van der Waals surface area contributed by atoms with Gasteiger partial charge in [-0.05, 0) is 66.3 Å². The van der Waals surface area contributed by atoms with Crippen LogP contribution in [0.4, 0.5) is 10.5 Å². The number of ether oxygens (including phenoxy) is 2. The molecule has 1 aromatic heterocycles. The fourth-order valence-electron chi connectivity index (χ4n) is 4.51. The minimum absolute atomic E-state index is 0.0617. The molecule has 0 radical (unpaired) electrons. The largest absolute Gasteiger partial charge is 0.494 e. The average Bonchev–Trinajstić information content (AvgIpc) is 3.31. The number of hydrogen-bond acceptors (Lipinski definition) is 7. The standard InChI is InChI=1S/C24H31N5O4/c1-2-15-33-24(31)28-21-13-12-20(17-18(21)11-14-23(28)30)32-16-7-6-10-22-25-26-27-29(22)19-8-4-3-5-9-19/h2,12-13,17,19H,1,3-11,14-16H2. The number of aromatic nitrogens is 4. The second-order valence-electron chi connectivity index (χ2n) is 8.52. The summed E-state index contributed by atoms with van der Waals surface area (Å²) in [7, 11) is 0. The highest BCUT2D eigenvalue weighted by molar-refractivity contribution is 6.14. The highest BCUT2D eigenvalue weighted by Crippen LogP contribution is 2.32. The molecule has 176 valence electrons. The summed E-state index contributed by atoms with van der Waals surface area (Å²) < 4.78 is 13.0. The van der Waals surface area contributed by atoms with Crippen LogP contribution in [-0.4, -0.2) is 45.4 Å². The molecule has 2 amide bonds. The fourth-order valence-corrected chi connectivity index (χ4v) is 4.51.